The summed E-state index contributed by atoms with van der Waals surface area (Å²) in [5, 5.41) is 0. The van der Waals surface area contributed by atoms with Gasteiger partial charge in [-0.25, -0.2) is 0 Å². The van der Waals surface area contributed by atoms with E-state index >= 15 is 0 Å². The van der Waals surface area contributed by atoms with Crippen LogP contribution in [0.25, 0.3) is 0 Å². The van der Waals surface area contributed by atoms with E-state index < -0.39 is 0 Å². The van der Waals surface area contributed by atoms with Crippen LogP contribution in [0.2, 0.25) is 0 Å². The first-order valence-corrected chi connectivity index (χ1v) is 6.60. The Hall–Kier alpha value is 0.259. The van der Waals surface area contributed by atoms with Crippen LogP contribution < -0.4 is 0 Å². The van der Waals surface area contributed by atoms with Crippen LogP contribution in [-0.4, -0.2) is 0 Å². The fourth-order valence-corrected chi connectivity index (χ4v) is 1.71. The van der Waals surface area contributed by atoms with Gasteiger partial charge < -0.3 is 0 Å². The Labute approximate surface area is 139 Å². The maximum atomic E-state index is 2.27. The van der Waals surface area contributed by atoms with Crippen molar-refractivity contribution in [2.45, 2.75) is 51.4 Å². The fraction of sp³-hybridized carbons (Fsp3) is 0.500. The van der Waals surface area contributed by atoms with E-state index in [1.807, 2.05) is 0 Å². The van der Waals surface area contributed by atoms with Crippen molar-refractivity contribution in [3.63, 3.8) is 0 Å². The van der Waals surface area contributed by atoms with Crippen LogP contribution in [0.1, 0.15) is 51.4 Å². The Bertz CT molecular complexity index is 182. The minimum absolute atomic E-state index is 0. The minimum atomic E-state index is 0. The molecule has 0 saturated heterocycles. The SMILES string of the molecule is C1=CCC/C=C\CC1.C1=CCC/C=C\CC1.[Ir].[Ir]. The first-order valence-electron chi connectivity index (χ1n) is 6.60. The van der Waals surface area contributed by atoms with Crippen molar-refractivity contribution >= 4 is 0 Å². The molecule has 0 aromatic rings. The molecule has 0 saturated carbocycles. The second-order valence-corrected chi connectivity index (χ2v) is 4.20. The van der Waals surface area contributed by atoms with Gasteiger partial charge in [-0.2, -0.15) is 0 Å². The van der Waals surface area contributed by atoms with E-state index in [1.165, 1.54) is 51.4 Å². The van der Waals surface area contributed by atoms with Crippen LogP contribution >= 0.6 is 0 Å². The topological polar surface area (TPSA) is 0 Å². The quantitative estimate of drug-likeness (QED) is 0.330. The summed E-state index contributed by atoms with van der Waals surface area (Å²) < 4.78 is 0. The van der Waals surface area contributed by atoms with Gasteiger partial charge in [-0.05, 0) is 51.4 Å². The zero-order valence-corrected chi connectivity index (χ0v) is 15.7. The molecule has 0 fully saturated rings. The predicted molar refractivity (Wildman–Crippen MR) is 73.5 cm³/mol. The molecular weight excluding hydrogens is 577 g/mol. The first-order chi connectivity index (χ1) is 8.00. The molecule has 0 nitrogen and oxygen atoms in total. The van der Waals surface area contributed by atoms with Crippen LogP contribution in [0.15, 0.2) is 48.6 Å². The van der Waals surface area contributed by atoms with E-state index in [0.29, 0.717) is 0 Å². The van der Waals surface area contributed by atoms with Crippen molar-refractivity contribution in [3.05, 3.63) is 48.6 Å². The number of hydrogen-bond donors (Lipinski definition) is 0. The molecule has 2 radical (unpaired) electrons. The average molecular weight is 601 g/mol. The van der Waals surface area contributed by atoms with Gasteiger partial charge in [0.25, 0.3) is 0 Å². The standard InChI is InChI=1S/2C8H12.2Ir/c2*1-2-4-6-8-7-5-3-1;;/h2*1-2,7-8H,3-6H2;;/b2*2-1-,8-7?;;. The monoisotopic (exact) mass is 602 g/mol. The summed E-state index contributed by atoms with van der Waals surface area (Å²) in [6, 6.07) is 0. The van der Waals surface area contributed by atoms with Crippen LogP contribution in [0, 0.1) is 0 Å². The van der Waals surface area contributed by atoms with Gasteiger partial charge in [0.05, 0.1) is 0 Å². The van der Waals surface area contributed by atoms with Crippen LogP contribution in [0.4, 0.5) is 0 Å². The molecule has 0 spiro atoms. The first kappa shape index (κ1) is 20.6. The molecule has 0 bridgehead atoms. The molecule has 2 rings (SSSR count). The molecule has 106 valence electrons. The van der Waals surface area contributed by atoms with E-state index in [1.54, 1.807) is 0 Å². The van der Waals surface area contributed by atoms with Gasteiger partial charge in [0.15, 0.2) is 0 Å². The largest absolute Gasteiger partial charge is 0.0882 e. The third-order valence-corrected chi connectivity index (χ3v) is 2.67. The van der Waals surface area contributed by atoms with Gasteiger partial charge in [0.1, 0.15) is 0 Å². The van der Waals surface area contributed by atoms with Crippen LogP contribution in [0.5, 0.6) is 0 Å². The molecule has 0 aromatic carbocycles. The summed E-state index contributed by atoms with van der Waals surface area (Å²) in [6.07, 6.45) is 28.0. The van der Waals surface area contributed by atoms with Gasteiger partial charge >= 0.3 is 0 Å². The number of rotatable bonds is 0. The Morgan fingerprint density at radius 3 is 0.500 bits per heavy atom. The van der Waals surface area contributed by atoms with Gasteiger partial charge in [0, 0.05) is 40.2 Å². The Morgan fingerprint density at radius 2 is 0.389 bits per heavy atom. The second-order valence-electron chi connectivity index (χ2n) is 4.20. The maximum Gasteiger partial charge on any atom is 0 e. The van der Waals surface area contributed by atoms with E-state index in [2.05, 4.69) is 48.6 Å². The molecule has 18 heavy (non-hydrogen) atoms. The van der Waals surface area contributed by atoms with E-state index in [9.17, 15) is 0 Å². The maximum absolute atomic E-state index is 2.27. The zero-order valence-electron chi connectivity index (χ0n) is 10.9. The molecule has 2 aliphatic rings. The second kappa shape index (κ2) is 17.3. The average Bonchev–Trinajstić information content (AvgIpc) is 2.15. The molecule has 0 N–H and O–H groups in total. The van der Waals surface area contributed by atoms with Crippen molar-refractivity contribution in [2.75, 3.05) is 0 Å². The molecule has 2 heteroatoms. The molecule has 0 atom stereocenters. The molecule has 0 aliphatic heterocycles. The molecule has 0 unspecified atom stereocenters. The van der Waals surface area contributed by atoms with Crippen molar-refractivity contribution < 1.29 is 40.2 Å². The van der Waals surface area contributed by atoms with E-state index in [-0.39, 0.29) is 40.2 Å². The van der Waals surface area contributed by atoms with Crippen LogP contribution in [0.3, 0.4) is 0 Å². The molecule has 0 amide bonds. The predicted octanol–water partition coefficient (Wildman–Crippen LogP) is 5.34. The van der Waals surface area contributed by atoms with Gasteiger partial charge in [-0.3, -0.25) is 0 Å². The number of hydrogen-bond acceptors (Lipinski definition) is 0. The molecule has 0 heterocycles. The summed E-state index contributed by atoms with van der Waals surface area (Å²) in [7, 11) is 0. The summed E-state index contributed by atoms with van der Waals surface area (Å²) in [4.78, 5) is 0. The smallest absolute Gasteiger partial charge is 0 e. The number of allylic oxidation sites excluding steroid dienone is 8. The summed E-state index contributed by atoms with van der Waals surface area (Å²) in [5.41, 5.74) is 0. The van der Waals surface area contributed by atoms with Crippen molar-refractivity contribution in [2.24, 2.45) is 0 Å². The zero-order chi connectivity index (χ0) is 11.3. The van der Waals surface area contributed by atoms with Crippen molar-refractivity contribution in [1.29, 1.82) is 0 Å². The summed E-state index contributed by atoms with van der Waals surface area (Å²) >= 11 is 0. The molecule has 2 aliphatic carbocycles. The normalized spacial score (nSPS) is 21.3. The van der Waals surface area contributed by atoms with E-state index in [0.717, 1.165) is 0 Å². The third kappa shape index (κ3) is 14.3. The van der Waals surface area contributed by atoms with Gasteiger partial charge in [-0.15, -0.1) is 0 Å². The third-order valence-electron chi connectivity index (χ3n) is 2.67. The minimum Gasteiger partial charge on any atom is -0.0882 e. The van der Waals surface area contributed by atoms with Gasteiger partial charge in [0.2, 0.25) is 0 Å². The Kier molecular flexibility index (Phi) is 19.7. The van der Waals surface area contributed by atoms with Crippen LogP contribution in [-0.2, 0) is 40.2 Å². The molecule has 0 aromatic heterocycles. The van der Waals surface area contributed by atoms with Crippen molar-refractivity contribution in [3.8, 4) is 0 Å². The summed E-state index contributed by atoms with van der Waals surface area (Å²) in [6.45, 7) is 0. The van der Waals surface area contributed by atoms with E-state index in [4.69, 9.17) is 0 Å². The Balaban J connectivity index is 0. The van der Waals surface area contributed by atoms with Gasteiger partial charge in [-0.1, -0.05) is 48.6 Å². The molecular formula is C16H24Ir2. The summed E-state index contributed by atoms with van der Waals surface area (Å²) in [5.74, 6) is 0. The van der Waals surface area contributed by atoms with Crippen molar-refractivity contribution in [1.82, 2.24) is 0 Å². The fourth-order valence-electron chi connectivity index (χ4n) is 1.71. The Morgan fingerprint density at radius 1 is 0.278 bits per heavy atom.